The van der Waals surface area contributed by atoms with Crippen molar-refractivity contribution in [2.75, 3.05) is 32.7 Å². The molecular formula is C17H33N3O. The SMILES string of the molecule is CC1(C)CC(CN)(N2CCC(N3CCCC3)C2)C(C)(C)O1. The number of ether oxygens (including phenoxy) is 1. The van der Waals surface area contributed by atoms with E-state index in [-0.39, 0.29) is 16.7 Å². The minimum Gasteiger partial charge on any atom is -0.368 e. The number of nitrogens with two attached hydrogens (primary N) is 1. The first-order valence-electron chi connectivity index (χ1n) is 8.69. The summed E-state index contributed by atoms with van der Waals surface area (Å²) in [7, 11) is 0. The van der Waals surface area contributed by atoms with Gasteiger partial charge in [-0.05, 0) is 66.5 Å². The zero-order chi connectivity index (χ0) is 15.3. The molecule has 0 aliphatic carbocycles. The smallest absolute Gasteiger partial charge is 0.0830 e. The van der Waals surface area contributed by atoms with Crippen molar-refractivity contribution >= 4 is 0 Å². The highest BCUT2D eigenvalue weighted by molar-refractivity contribution is 5.14. The van der Waals surface area contributed by atoms with Crippen molar-refractivity contribution in [3.63, 3.8) is 0 Å². The summed E-state index contributed by atoms with van der Waals surface area (Å²) in [5.74, 6) is 0. The molecule has 4 nitrogen and oxygen atoms in total. The van der Waals surface area contributed by atoms with Crippen LogP contribution in [0.2, 0.25) is 0 Å². The maximum absolute atomic E-state index is 6.38. The summed E-state index contributed by atoms with van der Waals surface area (Å²) in [6.45, 7) is 14.5. The Kier molecular flexibility index (Phi) is 3.89. The Morgan fingerprint density at radius 3 is 2.29 bits per heavy atom. The molecular weight excluding hydrogens is 262 g/mol. The molecule has 0 radical (unpaired) electrons. The van der Waals surface area contributed by atoms with Crippen molar-refractivity contribution < 1.29 is 4.74 Å². The normalized spacial score (nSPS) is 40.1. The molecule has 0 bridgehead atoms. The summed E-state index contributed by atoms with van der Waals surface area (Å²) in [4.78, 5) is 5.35. The molecule has 3 rings (SSSR count). The van der Waals surface area contributed by atoms with E-state index in [1.54, 1.807) is 0 Å². The van der Waals surface area contributed by atoms with Gasteiger partial charge in [0.25, 0.3) is 0 Å². The van der Waals surface area contributed by atoms with Crippen LogP contribution in [0.1, 0.15) is 53.4 Å². The maximum atomic E-state index is 6.38. The summed E-state index contributed by atoms with van der Waals surface area (Å²) in [5.41, 5.74) is 6.05. The molecule has 3 fully saturated rings. The van der Waals surface area contributed by atoms with Crippen LogP contribution in [0.15, 0.2) is 0 Å². The first-order valence-corrected chi connectivity index (χ1v) is 8.69. The molecule has 3 aliphatic heterocycles. The Labute approximate surface area is 130 Å². The van der Waals surface area contributed by atoms with E-state index in [1.165, 1.54) is 45.4 Å². The van der Waals surface area contributed by atoms with Crippen molar-refractivity contribution in [3.8, 4) is 0 Å². The van der Waals surface area contributed by atoms with Gasteiger partial charge in [0.05, 0.1) is 16.7 Å². The Bertz CT molecular complexity index is 389. The highest BCUT2D eigenvalue weighted by Crippen LogP contribution is 2.49. The molecule has 4 heteroatoms. The molecule has 3 aliphatic rings. The fraction of sp³-hybridized carbons (Fsp3) is 1.00. The van der Waals surface area contributed by atoms with Crippen LogP contribution in [-0.4, -0.2) is 65.3 Å². The van der Waals surface area contributed by atoms with Crippen molar-refractivity contribution in [1.82, 2.24) is 9.80 Å². The molecule has 0 spiro atoms. The predicted molar refractivity (Wildman–Crippen MR) is 86.4 cm³/mol. The topological polar surface area (TPSA) is 41.7 Å². The third kappa shape index (κ3) is 2.54. The Morgan fingerprint density at radius 1 is 1.10 bits per heavy atom. The Hall–Kier alpha value is -0.160. The third-order valence-electron chi connectivity index (χ3n) is 6.13. The van der Waals surface area contributed by atoms with Gasteiger partial charge in [-0.25, -0.2) is 0 Å². The van der Waals surface area contributed by atoms with Gasteiger partial charge in [0.2, 0.25) is 0 Å². The molecule has 2 N–H and O–H groups in total. The number of likely N-dealkylation sites (tertiary alicyclic amines) is 2. The van der Waals surface area contributed by atoms with E-state index >= 15 is 0 Å². The van der Waals surface area contributed by atoms with E-state index in [1.807, 2.05) is 0 Å². The first-order chi connectivity index (χ1) is 9.80. The lowest BCUT2D eigenvalue weighted by atomic mass is 9.77. The number of nitrogens with zero attached hydrogens (tertiary/aromatic N) is 2. The van der Waals surface area contributed by atoms with Crippen LogP contribution in [0.25, 0.3) is 0 Å². The molecule has 2 atom stereocenters. The predicted octanol–water partition coefficient (Wildman–Crippen LogP) is 1.83. The lowest BCUT2D eigenvalue weighted by Crippen LogP contribution is -2.63. The van der Waals surface area contributed by atoms with Crippen molar-refractivity contribution in [2.24, 2.45) is 5.73 Å². The summed E-state index contributed by atoms with van der Waals surface area (Å²) in [6.07, 6.45) is 5.08. The molecule has 3 saturated heterocycles. The fourth-order valence-corrected chi connectivity index (χ4v) is 5.21. The van der Waals surface area contributed by atoms with Crippen LogP contribution in [0.3, 0.4) is 0 Å². The molecule has 3 heterocycles. The number of hydrogen-bond donors (Lipinski definition) is 1. The minimum atomic E-state index is -0.175. The monoisotopic (exact) mass is 295 g/mol. The van der Waals surface area contributed by atoms with Gasteiger partial charge in [-0.3, -0.25) is 9.80 Å². The fourth-order valence-electron chi connectivity index (χ4n) is 5.21. The second kappa shape index (κ2) is 5.19. The minimum absolute atomic E-state index is 0.00895. The van der Waals surface area contributed by atoms with Gasteiger partial charge in [0, 0.05) is 25.7 Å². The quantitative estimate of drug-likeness (QED) is 0.862. The standard InChI is InChI=1S/C17H33N3O/c1-15(2)12-17(13-18,16(3,4)21-15)20-10-7-14(11-20)19-8-5-6-9-19/h14H,5-13,18H2,1-4H3. The molecule has 122 valence electrons. The van der Waals surface area contributed by atoms with Crippen LogP contribution < -0.4 is 5.73 Å². The van der Waals surface area contributed by atoms with E-state index < -0.39 is 0 Å². The molecule has 0 saturated carbocycles. The molecule has 0 aromatic rings. The maximum Gasteiger partial charge on any atom is 0.0830 e. The molecule has 0 amide bonds. The van der Waals surface area contributed by atoms with E-state index in [2.05, 4.69) is 37.5 Å². The Balaban J connectivity index is 1.78. The number of hydrogen-bond acceptors (Lipinski definition) is 4. The molecule has 0 aromatic heterocycles. The van der Waals surface area contributed by atoms with Gasteiger partial charge in [0.1, 0.15) is 0 Å². The van der Waals surface area contributed by atoms with Crippen LogP contribution in [0.5, 0.6) is 0 Å². The van der Waals surface area contributed by atoms with Gasteiger partial charge in [-0.1, -0.05) is 0 Å². The summed E-state index contributed by atoms with van der Waals surface area (Å²) >= 11 is 0. The second-order valence-corrected chi connectivity index (χ2v) is 8.42. The van der Waals surface area contributed by atoms with Gasteiger partial charge < -0.3 is 10.5 Å². The van der Waals surface area contributed by atoms with E-state index in [4.69, 9.17) is 10.5 Å². The van der Waals surface area contributed by atoms with Gasteiger partial charge >= 0.3 is 0 Å². The lowest BCUT2D eigenvalue weighted by molar-refractivity contribution is -0.101. The van der Waals surface area contributed by atoms with E-state index in [0.717, 1.165) is 12.5 Å². The lowest BCUT2D eigenvalue weighted by Gasteiger charge is -2.46. The average Bonchev–Trinajstić information content (AvgIpc) is 3.06. The first kappa shape index (κ1) is 15.7. The Morgan fingerprint density at radius 2 is 1.76 bits per heavy atom. The van der Waals surface area contributed by atoms with Crippen LogP contribution >= 0.6 is 0 Å². The van der Waals surface area contributed by atoms with Crippen LogP contribution in [0.4, 0.5) is 0 Å². The highest BCUT2D eigenvalue weighted by atomic mass is 16.5. The van der Waals surface area contributed by atoms with Crippen LogP contribution in [-0.2, 0) is 4.74 Å². The average molecular weight is 295 g/mol. The highest BCUT2D eigenvalue weighted by Gasteiger charge is 2.60. The van der Waals surface area contributed by atoms with E-state index in [9.17, 15) is 0 Å². The number of rotatable bonds is 3. The van der Waals surface area contributed by atoms with Crippen molar-refractivity contribution in [3.05, 3.63) is 0 Å². The zero-order valence-corrected chi connectivity index (χ0v) is 14.3. The summed E-state index contributed by atoms with van der Waals surface area (Å²) < 4.78 is 6.38. The van der Waals surface area contributed by atoms with Gasteiger partial charge in [0.15, 0.2) is 0 Å². The summed E-state index contributed by atoms with van der Waals surface area (Å²) in [5, 5.41) is 0. The molecule has 21 heavy (non-hydrogen) atoms. The van der Waals surface area contributed by atoms with E-state index in [0.29, 0.717) is 6.54 Å². The van der Waals surface area contributed by atoms with Crippen molar-refractivity contribution in [2.45, 2.75) is 76.2 Å². The molecule has 0 aromatic carbocycles. The van der Waals surface area contributed by atoms with Gasteiger partial charge in [-0.2, -0.15) is 0 Å². The van der Waals surface area contributed by atoms with Gasteiger partial charge in [-0.15, -0.1) is 0 Å². The van der Waals surface area contributed by atoms with Crippen molar-refractivity contribution in [1.29, 1.82) is 0 Å². The van der Waals surface area contributed by atoms with Crippen LogP contribution in [0, 0.1) is 0 Å². The molecule has 2 unspecified atom stereocenters. The largest absolute Gasteiger partial charge is 0.368 e. The summed E-state index contributed by atoms with van der Waals surface area (Å²) in [6, 6.07) is 0.732. The zero-order valence-electron chi connectivity index (χ0n) is 14.3. The second-order valence-electron chi connectivity index (χ2n) is 8.42. The third-order valence-corrected chi connectivity index (χ3v) is 6.13.